The van der Waals surface area contributed by atoms with Crippen LogP contribution in [-0.2, 0) is 17.1 Å². The van der Waals surface area contributed by atoms with E-state index in [1.165, 1.54) is 0 Å². The zero-order valence-corrected chi connectivity index (χ0v) is 13.9. The molecule has 2 rings (SSSR count). The first-order valence-corrected chi connectivity index (χ1v) is 7.54. The summed E-state index contributed by atoms with van der Waals surface area (Å²) in [4.78, 5) is 11.7. The van der Waals surface area contributed by atoms with E-state index in [-0.39, 0.29) is 16.7 Å². The minimum atomic E-state index is -4.93. The van der Waals surface area contributed by atoms with Gasteiger partial charge in [-0.1, -0.05) is 18.7 Å². The third kappa shape index (κ3) is 4.54. The molecule has 28 heavy (non-hydrogen) atoms. The van der Waals surface area contributed by atoms with Crippen LogP contribution in [0.2, 0.25) is 0 Å². The molecule has 0 aromatic heterocycles. The number of hydrogen-bond donors (Lipinski definition) is 2. The molecule has 3 nitrogen and oxygen atoms in total. The molecule has 2 aromatic rings. The first kappa shape index (κ1) is 21.1. The van der Waals surface area contributed by atoms with Gasteiger partial charge in [0.2, 0.25) is 0 Å². The standard InChI is InChI=1S/C19H12F6O3/c1-2-12(26)9-13(10-3-5-16(27)14(7-10)18(20,21)22)11-4-6-17(28)15(8-11)19(23,24)25/h2-9,27-28H,1H2. The van der Waals surface area contributed by atoms with Crippen molar-refractivity contribution < 1.29 is 41.4 Å². The number of rotatable bonds is 4. The third-order valence-corrected chi connectivity index (χ3v) is 3.71. The quantitative estimate of drug-likeness (QED) is 0.538. The van der Waals surface area contributed by atoms with Crippen LogP contribution in [0.25, 0.3) is 5.57 Å². The van der Waals surface area contributed by atoms with Gasteiger partial charge in [-0.3, -0.25) is 4.79 Å². The topological polar surface area (TPSA) is 57.5 Å². The number of aromatic hydroxyl groups is 2. The number of halogens is 6. The zero-order valence-electron chi connectivity index (χ0n) is 13.9. The van der Waals surface area contributed by atoms with Crippen LogP contribution in [0.1, 0.15) is 22.3 Å². The molecule has 2 aromatic carbocycles. The summed E-state index contributed by atoms with van der Waals surface area (Å²) in [7, 11) is 0. The Kier molecular flexibility index (Phi) is 5.58. The Hall–Kier alpha value is -3.23. The Morgan fingerprint density at radius 3 is 1.54 bits per heavy atom. The maximum Gasteiger partial charge on any atom is 0.419 e. The second-order valence-electron chi connectivity index (χ2n) is 5.62. The minimum Gasteiger partial charge on any atom is -0.507 e. The lowest BCUT2D eigenvalue weighted by Crippen LogP contribution is -2.07. The van der Waals surface area contributed by atoms with E-state index in [1.54, 1.807) is 0 Å². The van der Waals surface area contributed by atoms with E-state index in [4.69, 9.17) is 0 Å². The second kappa shape index (κ2) is 7.41. The Balaban J connectivity index is 2.75. The molecule has 9 heteroatoms. The predicted molar refractivity (Wildman–Crippen MR) is 88.5 cm³/mol. The molecule has 148 valence electrons. The summed E-state index contributed by atoms with van der Waals surface area (Å²) in [6, 6.07) is 4.50. The van der Waals surface area contributed by atoms with Crippen LogP contribution < -0.4 is 0 Å². The Morgan fingerprint density at radius 1 is 0.821 bits per heavy atom. The van der Waals surface area contributed by atoms with Crippen molar-refractivity contribution in [1.82, 2.24) is 0 Å². The Bertz CT molecular complexity index is 890. The van der Waals surface area contributed by atoms with E-state index in [9.17, 15) is 41.4 Å². The van der Waals surface area contributed by atoms with E-state index in [0.29, 0.717) is 12.1 Å². The summed E-state index contributed by atoms with van der Waals surface area (Å²) in [6.45, 7) is 3.21. The highest BCUT2D eigenvalue weighted by atomic mass is 19.4. The molecule has 0 aliphatic rings. The molecule has 0 heterocycles. The van der Waals surface area contributed by atoms with Gasteiger partial charge in [0.1, 0.15) is 11.5 Å². The molecule has 0 unspecified atom stereocenters. The fourth-order valence-electron chi connectivity index (χ4n) is 2.40. The highest BCUT2D eigenvalue weighted by Crippen LogP contribution is 2.40. The van der Waals surface area contributed by atoms with Crippen molar-refractivity contribution in [3.63, 3.8) is 0 Å². The van der Waals surface area contributed by atoms with Gasteiger partial charge in [-0.25, -0.2) is 0 Å². The molecule has 0 saturated carbocycles. The van der Waals surface area contributed by atoms with Crippen molar-refractivity contribution in [3.8, 4) is 11.5 Å². The highest BCUT2D eigenvalue weighted by Gasteiger charge is 2.36. The van der Waals surface area contributed by atoms with Gasteiger partial charge >= 0.3 is 12.4 Å². The van der Waals surface area contributed by atoms with Gasteiger partial charge in [-0.05, 0) is 53.1 Å². The number of hydrogen-bond acceptors (Lipinski definition) is 3. The van der Waals surface area contributed by atoms with Crippen molar-refractivity contribution in [2.45, 2.75) is 12.4 Å². The zero-order chi connectivity index (χ0) is 21.3. The van der Waals surface area contributed by atoms with Crippen LogP contribution in [0.3, 0.4) is 0 Å². The predicted octanol–water partition coefficient (Wildman–Crippen LogP) is 5.32. The first-order chi connectivity index (χ1) is 12.8. The lowest BCUT2D eigenvalue weighted by Gasteiger charge is -2.15. The van der Waals surface area contributed by atoms with Gasteiger partial charge in [0.25, 0.3) is 0 Å². The average molecular weight is 402 g/mol. The van der Waals surface area contributed by atoms with Crippen molar-refractivity contribution in [2.75, 3.05) is 0 Å². The minimum absolute atomic E-state index is 0.265. The van der Waals surface area contributed by atoms with E-state index in [1.807, 2.05) is 0 Å². The number of alkyl halides is 6. The highest BCUT2D eigenvalue weighted by molar-refractivity contribution is 6.06. The van der Waals surface area contributed by atoms with Crippen molar-refractivity contribution >= 4 is 11.4 Å². The molecule has 0 saturated heterocycles. The van der Waals surface area contributed by atoms with Crippen LogP contribution in [0.15, 0.2) is 55.1 Å². The van der Waals surface area contributed by atoms with Gasteiger partial charge in [-0.2, -0.15) is 26.3 Å². The molecular formula is C19H12F6O3. The number of phenols is 2. The van der Waals surface area contributed by atoms with Crippen molar-refractivity contribution in [2.24, 2.45) is 0 Å². The van der Waals surface area contributed by atoms with Crippen LogP contribution in [0, 0.1) is 0 Å². The maximum atomic E-state index is 13.1. The molecule has 0 amide bonds. The fourth-order valence-corrected chi connectivity index (χ4v) is 2.40. The van der Waals surface area contributed by atoms with Crippen molar-refractivity contribution in [3.05, 3.63) is 77.4 Å². The molecule has 2 N–H and O–H groups in total. The molecule has 0 spiro atoms. The lowest BCUT2D eigenvalue weighted by molar-refractivity contribution is -0.139. The third-order valence-electron chi connectivity index (χ3n) is 3.71. The number of allylic oxidation sites excluding steroid dienone is 2. The van der Waals surface area contributed by atoms with Gasteiger partial charge in [0.05, 0.1) is 11.1 Å². The molecule has 0 aliphatic heterocycles. The number of benzene rings is 2. The summed E-state index contributed by atoms with van der Waals surface area (Å²) in [5.74, 6) is -2.92. The van der Waals surface area contributed by atoms with Crippen LogP contribution in [-0.4, -0.2) is 16.0 Å². The van der Waals surface area contributed by atoms with Gasteiger partial charge in [0, 0.05) is 0 Å². The first-order valence-electron chi connectivity index (χ1n) is 7.54. The molecule has 0 aliphatic carbocycles. The van der Waals surface area contributed by atoms with Crippen LogP contribution in [0.4, 0.5) is 26.3 Å². The largest absolute Gasteiger partial charge is 0.507 e. The van der Waals surface area contributed by atoms with E-state index >= 15 is 0 Å². The Morgan fingerprint density at radius 2 is 1.21 bits per heavy atom. The normalized spacial score (nSPS) is 11.8. The Labute approximate surface area is 154 Å². The van der Waals surface area contributed by atoms with E-state index in [2.05, 4.69) is 6.58 Å². The number of phenolic OH excluding ortho intramolecular Hbond substituents is 2. The molecule has 0 radical (unpaired) electrons. The molecule has 0 fully saturated rings. The average Bonchev–Trinajstić information content (AvgIpc) is 2.58. The molecule has 0 atom stereocenters. The van der Waals surface area contributed by atoms with Gasteiger partial charge in [-0.15, -0.1) is 0 Å². The molecule has 0 bridgehead atoms. The summed E-state index contributed by atoms with van der Waals surface area (Å²) < 4.78 is 78.3. The summed E-state index contributed by atoms with van der Waals surface area (Å²) in [5.41, 5.74) is -3.65. The van der Waals surface area contributed by atoms with E-state index < -0.39 is 40.8 Å². The summed E-state index contributed by atoms with van der Waals surface area (Å²) in [6.07, 6.45) is -8.22. The number of carbonyl (C=O) groups is 1. The summed E-state index contributed by atoms with van der Waals surface area (Å²) >= 11 is 0. The second-order valence-corrected chi connectivity index (χ2v) is 5.62. The lowest BCUT2D eigenvalue weighted by atomic mass is 9.93. The smallest absolute Gasteiger partial charge is 0.419 e. The summed E-state index contributed by atoms with van der Waals surface area (Å²) in [5, 5.41) is 18.9. The fraction of sp³-hybridized carbons (Fsp3) is 0.105. The van der Waals surface area contributed by atoms with E-state index in [0.717, 1.165) is 36.4 Å². The van der Waals surface area contributed by atoms with Crippen molar-refractivity contribution in [1.29, 1.82) is 0 Å². The van der Waals surface area contributed by atoms with Crippen LogP contribution in [0.5, 0.6) is 11.5 Å². The van der Waals surface area contributed by atoms with Gasteiger partial charge in [0.15, 0.2) is 5.78 Å². The monoisotopic (exact) mass is 402 g/mol. The number of carbonyl (C=O) groups excluding carboxylic acids is 1. The number of ketones is 1. The van der Waals surface area contributed by atoms with Crippen LogP contribution >= 0.6 is 0 Å². The molecular weight excluding hydrogens is 390 g/mol. The van der Waals surface area contributed by atoms with Gasteiger partial charge < -0.3 is 10.2 Å². The SMILES string of the molecule is C=CC(=O)C=C(c1ccc(O)c(C(F)(F)F)c1)c1ccc(O)c(C(F)(F)F)c1. The maximum absolute atomic E-state index is 13.1.